The largest absolute Gasteiger partial charge is 0.497 e. The molecule has 0 bridgehead atoms. The Morgan fingerprint density at radius 3 is 2.64 bits per heavy atom. The Bertz CT molecular complexity index is 513. The van der Waals surface area contributed by atoms with Crippen LogP contribution in [0.2, 0.25) is 0 Å². The lowest BCUT2D eigenvalue weighted by Gasteiger charge is -2.32. The van der Waals surface area contributed by atoms with Gasteiger partial charge in [0.2, 0.25) is 5.91 Å². The molecular weight excluding hydrogens is 280 g/mol. The van der Waals surface area contributed by atoms with Gasteiger partial charge in [-0.15, -0.1) is 0 Å². The van der Waals surface area contributed by atoms with E-state index in [0.717, 1.165) is 31.7 Å². The Labute approximate surface area is 131 Å². The van der Waals surface area contributed by atoms with Crippen LogP contribution in [0.15, 0.2) is 24.3 Å². The van der Waals surface area contributed by atoms with Gasteiger partial charge in [-0.05, 0) is 44.2 Å². The third-order valence-corrected chi connectivity index (χ3v) is 4.16. The number of amides is 1. The summed E-state index contributed by atoms with van der Waals surface area (Å²) >= 11 is 0. The number of methoxy groups -OCH3 is 1. The van der Waals surface area contributed by atoms with Crippen molar-refractivity contribution in [3.05, 3.63) is 29.8 Å². The van der Waals surface area contributed by atoms with E-state index in [1.54, 1.807) is 31.4 Å². The van der Waals surface area contributed by atoms with Gasteiger partial charge in [0.1, 0.15) is 5.75 Å². The highest BCUT2D eigenvalue weighted by atomic mass is 16.5. The van der Waals surface area contributed by atoms with Crippen LogP contribution in [-0.4, -0.2) is 49.9 Å². The number of ether oxygens (including phenoxy) is 1. The van der Waals surface area contributed by atoms with E-state index in [1.807, 2.05) is 11.9 Å². The molecule has 0 aliphatic carbocycles. The average Bonchev–Trinajstić information content (AvgIpc) is 2.59. The number of piperidine rings is 1. The van der Waals surface area contributed by atoms with E-state index in [0.29, 0.717) is 11.6 Å². The SMILES string of the molecule is CNC1CCCN(C(=O)CCC(=O)c2ccc(OC)cc2)C1. The number of ketones is 1. The van der Waals surface area contributed by atoms with Gasteiger partial charge in [0, 0.05) is 37.5 Å². The molecule has 1 unspecified atom stereocenters. The number of carbonyl (C=O) groups excluding carboxylic acids is 2. The van der Waals surface area contributed by atoms with Crippen LogP contribution in [0.25, 0.3) is 0 Å². The van der Waals surface area contributed by atoms with Gasteiger partial charge in [0.05, 0.1) is 7.11 Å². The normalized spacial score (nSPS) is 18.1. The van der Waals surface area contributed by atoms with Gasteiger partial charge >= 0.3 is 0 Å². The van der Waals surface area contributed by atoms with E-state index < -0.39 is 0 Å². The smallest absolute Gasteiger partial charge is 0.223 e. The zero-order valence-corrected chi connectivity index (χ0v) is 13.3. The van der Waals surface area contributed by atoms with E-state index in [4.69, 9.17) is 4.74 Å². The molecule has 1 heterocycles. The number of rotatable bonds is 6. The van der Waals surface area contributed by atoms with Gasteiger partial charge in [-0.2, -0.15) is 0 Å². The highest BCUT2D eigenvalue weighted by Crippen LogP contribution is 2.15. The minimum atomic E-state index is -0.00169. The summed E-state index contributed by atoms with van der Waals surface area (Å²) in [4.78, 5) is 26.2. The molecule has 5 heteroatoms. The van der Waals surface area contributed by atoms with Crippen molar-refractivity contribution in [2.45, 2.75) is 31.7 Å². The minimum Gasteiger partial charge on any atom is -0.497 e. The number of benzene rings is 1. The number of likely N-dealkylation sites (tertiary alicyclic amines) is 1. The zero-order chi connectivity index (χ0) is 15.9. The van der Waals surface area contributed by atoms with E-state index >= 15 is 0 Å². The first-order valence-electron chi connectivity index (χ1n) is 7.76. The topological polar surface area (TPSA) is 58.6 Å². The lowest BCUT2D eigenvalue weighted by Crippen LogP contribution is -2.47. The molecule has 0 radical (unpaired) electrons. The predicted molar refractivity (Wildman–Crippen MR) is 85.2 cm³/mol. The minimum absolute atomic E-state index is 0.00169. The Kier molecular flexibility index (Phi) is 5.95. The second kappa shape index (κ2) is 7.94. The number of hydrogen-bond acceptors (Lipinski definition) is 4. The molecule has 120 valence electrons. The summed E-state index contributed by atoms with van der Waals surface area (Å²) < 4.78 is 5.07. The van der Waals surface area contributed by atoms with Crippen molar-refractivity contribution in [2.75, 3.05) is 27.2 Å². The Hall–Kier alpha value is -1.88. The molecule has 1 fully saturated rings. The van der Waals surface area contributed by atoms with E-state index in [1.165, 1.54) is 0 Å². The van der Waals surface area contributed by atoms with Crippen molar-refractivity contribution >= 4 is 11.7 Å². The number of nitrogens with one attached hydrogen (secondary N) is 1. The van der Waals surface area contributed by atoms with E-state index in [2.05, 4.69) is 5.32 Å². The van der Waals surface area contributed by atoms with Crippen LogP contribution in [0.1, 0.15) is 36.0 Å². The molecule has 1 aromatic rings. The number of Topliss-reactive ketones (excluding diaryl/α,β-unsaturated/α-hetero) is 1. The maximum Gasteiger partial charge on any atom is 0.223 e. The molecule has 1 aromatic carbocycles. The second-order valence-electron chi connectivity index (χ2n) is 5.62. The number of carbonyl (C=O) groups is 2. The molecule has 1 saturated heterocycles. The molecule has 1 amide bonds. The Morgan fingerprint density at radius 2 is 2.00 bits per heavy atom. The van der Waals surface area contributed by atoms with Crippen LogP contribution in [0.5, 0.6) is 5.75 Å². The monoisotopic (exact) mass is 304 g/mol. The fraction of sp³-hybridized carbons (Fsp3) is 0.529. The standard InChI is InChI=1S/C17H24N2O3/c1-18-14-4-3-11-19(12-14)17(21)10-9-16(20)13-5-7-15(22-2)8-6-13/h5-8,14,18H,3-4,9-12H2,1-2H3. The van der Waals surface area contributed by atoms with E-state index in [-0.39, 0.29) is 24.5 Å². The number of hydrogen-bond donors (Lipinski definition) is 1. The summed E-state index contributed by atoms with van der Waals surface area (Å²) in [7, 11) is 3.51. The maximum absolute atomic E-state index is 12.2. The van der Waals surface area contributed by atoms with Crippen LogP contribution >= 0.6 is 0 Å². The molecule has 0 aromatic heterocycles. The summed E-state index contributed by atoms with van der Waals surface area (Å²) in [6, 6.07) is 7.37. The molecule has 1 atom stereocenters. The predicted octanol–water partition coefficient (Wildman–Crippen LogP) is 1.87. The molecular formula is C17H24N2O3. The fourth-order valence-corrected chi connectivity index (χ4v) is 2.74. The summed E-state index contributed by atoms with van der Waals surface area (Å²) in [5, 5.41) is 3.22. The van der Waals surface area contributed by atoms with Crippen molar-refractivity contribution in [1.29, 1.82) is 0 Å². The molecule has 2 rings (SSSR count). The van der Waals surface area contributed by atoms with Crippen molar-refractivity contribution in [1.82, 2.24) is 10.2 Å². The van der Waals surface area contributed by atoms with Gasteiger partial charge in [-0.3, -0.25) is 9.59 Å². The van der Waals surface area contributed by atoms with Gasteiger partial charge in [0.25, 0.3) is 0 Å². The first kappa shape index (κ1) is 16.5. The molecule has 1 aliphatic heterocycles. The highest BCUT2D eigenvalue weighted by molar-refractivity contribution is 5.98. The van der Waals surface area contributed by atoms with Crippen molar-refractivity contribution in [3.8, 4) is 5.75 Å². The van der Waals surface area contributed by atoms with Crippen LogP contribution in [-0.2, 0) is 4.79 Å². The summed E-state index contributed by atoms with van der Waals surface area (Å²) in [5.74, 6) is 0.791. The summed E-state index contributed by atoms with van der Waals surface area (Å²) in [5.41, 5.74) is 0.625. The van der Waals surface area contributed by atoms with Gasteiger partial charge < -0.3 is 15.0 Å². The Morgan fingerprint density at radius 1 is 1.27 bits per heavy atom. The molecule has 0 spiro atoms. The maximum atomic E-state index is 12.2. The molecule has 1 N–H and O–H groups in total. The summed E-state index contributed by atoms with van der Waals surface area (Å²) in [6.07, 6.45) is 2.65. The van der Waals surface area contributed by atoms with Crippen molar-refractivity contribution in [3.63, 3.8) is 0 Å². The third-order valence-electron chi connectivity index (χ3n) is 4.16. The average molecular weight is 304 g/mol. The quantitative estimate of drug-likeness (QED) is 0.815. The first-order chi connectivity index (χ1) is 10.6. The molecule has 22 heavy (non-hydrogen) atoms. The van der Waals surface area contributed by atoms with Crippen molar-refractivity contribution in [2.24, 2.45) is 0 Å². The zero-order valence-electron chi connectivity index (χ0n) is 13.3. The lowest BCUT2D eigenvalue weighted by atomic mass is 10.0. The number of likely N-dealkylation sites (N-methyl/N-ethyl adjacent to an activating group) is 1. The lowest BCUT2D eigenvalue weighted by molar-refractivity contribution is -0.132. The van der Waals surface area contributed by atoms with Gasteiger partial charge in [0.15, 0.2) is 5.78 Å². The van der Waals surface area contributed by atoms with E-state index in [9.17, 15) is 9.59 Å². The van der Waals surface area contributed by atoms with Crippen LogP contribution in [0, 0.1) is 0 Å². The second-order valence-corrected chi connectivity index (χ2v) is 5.62. The molecule has 1 aliphatic rings. The van der Waals surface area contributed by atoms with Crippen LogP contribution in [0.3, 0.4) is 0 Å². The number of nitrogens with zero attached hydrogens (tertiary/aromatic N) is 1. The van der Waals surface area contributed by atoms with Crippen molar-refractivity contribution < 1.29 is 14.3 Å². The Balaban J connectivity index is 1.83. The third kappa shape index (κ3) is 4.31. The van der Waals surface area contributed by atoms with Crippen LogP contribution < -0.4 is 10.1 Å². The molecule has 0 saturated carbocycles. The molecule has 5 nitrogen and oxygen atoms in total. The summed E-state index contributed by atoms with van der Waals surface area (Å²) in [6.45, 7) is 1.54. The first-order valence-corrected chi connectivity index (χ1v) is 7.76. The fourth-order valence-electron chi connectivity index (χ4n) is 2.74. The highest BCUT2D eigenvalue weighted by Gasteiger charge is 2.22. The van der Waals surface area contributed by atoms with Crippen LogP contribution in [0.4, 0.5) is 0 Å². The van der Waals surface area contributed by atoms with Gasteiger partial charge in [-0.1, -0.05) is 0 Å². The van der Waals surface area contributed by atoms with Gasteiger partial charge in [-0.25, -0.2) is 0 Å².